The van der Waals surface area contributed by atoms with Crippen LogP contribution in [0.15, 0.2) is 18.2 Å². The summed E-state index contributed by atoms with van der Waals surface area (Å²) in [7, 11) is 0. The number of nitrogens with zero attached hydrogens (tertiary/aromatic N) is 2. The third-order valence-electron chi connectivity index (χ3n) is 4.90. The Morgan fingerprint density at radius 3 is 2.50 bits per heavy atom. The fraction of sp³-hybridized carbons (Fsp3) is 0.647. The topological polar surface area (TPSA) is 32.5 Å². The summed E-state index contributed by atoms with van der Waals surface area (Å²) in [6, 6.07) is 6.27. The number of piperidine rings is 1. The third-order valence-corrected chi connectivity index (χ3v) is 4.90. The lowest BCUT2D eigenvalue weighted by Crippen LogP contribution is -2.38. The lowest BCUT2D eigenvalue weighted by Gasteiger charge is -2.36. The summed E-state index contributed by atoms with van der Waals surface area (Å²) in [4.78, 5) is 5.18. The van der Waals surface area contributed by atoms with Gasteiger partial charge in [0, 0.05) is 31.0 Å². The van der Waals surface area contributed by atoms with Crippen LogP contribution in [-0.4, -0.2) is 37.6 Å². The molecule has 2 fully saturated rings. The van der Waals surface area contributed by atoms with Gasteiger partial charge in [0.05, 0.1) is 0 Å². The zero-order chi connectivity index (χ0) is 13.9. The van der Waals surface area contributed by atoms with Crippen LogP contribution in [0.1, 0.15) is 31.2 Å². The molecule has 1 aromatic rings. The van der Waals surface area contributed by atoms with Crippen molar-refractivity contribution in [3.05, 3.63) is 23.8 Å². The first-order chi connectivity index (χ1) is 9.72. The highest BCUT2D eigenvalue weighted by Crippen LogP contribution is 2.28. The molecular weight excluding hydrogens is 246 g/mol. The average Bonchev–Trinajstić information content (AvgIpc) is 2.95. The normalized spacial score (nSPS) is 21.6. The van der Waals surface area contributed by atoms with Gasteiger partial charge in [-0.15, -0.1) is 0 Å². The molecule has 2 aliphatic heterocycles. The first-order valence-electron chi connectivity index (χ1n) is 8.06. The summed E-state index contributed by atoms with van der Waals surface area (Å²) >= 11 is 0. The number of aryl methyl sites for hydroxylation is 1. The van der Waals surface area contributed by atoms with Crippen LogP contribution in [0.25, 0.3) is 0 Å². The van der Waals surface area contributed by atoms with Gasteiger partial charge < -0.3 is 15.5 Å². The van der Waals surface area contributed by atoms with Gasteiger partial charge in [0.15, 0.2) is 0 Å². The van der Waals surface area contributed by atoms with E-state index in [0.717, 1.165) is 11.6 Å². The summed E-state index contributed by atoms with van der Waals surface area (Å²) in [6.07, 6.45) is 5.46. The summed E-state index contributed by atoms with van der Waals surface area (Å²) < 4.78 is 0. The van der Waals surface area contributed by atoms with Crippen LogP contribution >= 0.6 is 0 Å². The molecule has 0 spiro atoms. The van der Waals surface area contributed by atoms with Crippen LogP contribution in [0.4, 0.5) is 11.4 Å². The Labute approximate surface area is 122 Å². The maximum absolute atomic E-state index is 5.94. The van der Waals surface area contributed by atoms with Crippen molar-refractivity contribution in [1.82, 2.24) is 4.90 Å². The molecule has 110 valence electrons. The van der Waals surface area contributed by atoms with Crippen LogP contribution in [0, 0.1) is 12.8 Å². The smallest absolute Gasteiger partial charge is 0.0416 e. The van der Waals surface area contributed by atoms with Crippen molar-refractivity contribution >= 4 is 11.4 Å². The molecule has 0 radical (unpaired) electrons. The van der Waals surface area contributed by atoms with Gasteiger partial charge in [0.2, 0.25) is 0 Å². The maximum Gasteiger partial charge on any atom is 0.0416 e. The lowest BCUT2D eigenvalue weighted by molar-refractivity contribution is 0.249. The number of hydrogen-bond acceptors (Lipinski definition) is 3. The van der Waals surface area contributed by atoms with Gasteiger partial charge in [-0.3, -0.25) is 0 Å². The van der Waals surface area contributed by atoms with Gasteiger partial charge in [-0.2, -0.15) is 0 Å². The van der Waals surface area contributed by atoms with Gasteiger partial charge in [-0.25, -0.2) is 0 Å². The number of rotatable bonds is 3. The number of nitrogens with two attached hydrogens (primary N) is 1. The second-order valence-corrected chi connectivity index (χ2v) is 6.48. The minimum Gasteiger partial charge on any atom is -0.399 e. The third kappa shape index (κ3) is 3.09. The Balaban J connectivity index is 1.56. The Hall–Kier alpha value is -1.22. The molecule has 3 heteroatoms. The molecule has 0 unspecified atom stereocenters. The molecule has 2 saturated heterocycles. The first-order valence-corrected chi connectivity index (χ1v) is 8.06. The van der Waals surface area contributed by atoms with E-state index in [1.54, 1.807) is 0 Å². The average molecular weight is 273 g/mol. The highest BCUT2D eigenvalue weighted by atomic mass is 15.2. The molecule has 0 aliphatic carbocycles. The monoisotopic (exact) mass is 273 g/mol. The predicted molar refractivity (Wildman–Crippen MR) is 86.2 cm³/mol. The Kier molecular flexibility index (Phi) is 4.16. The van der Waals surface area contributed by atoms with Crippen LogP contribution in [-0.2, 0) is 0 Å². The number of likely N-dealkylation sites (tertiary alicyclic amines) is 1. The number of hydrogen-bond donors (Lipinski definition) is 1. The Bertz CT molecular complexity index is 444. The molecule has 2 aliphatic rings. The Morgan fingerprint density at radius 2 is 1.80 bits per heavy atom. The molecule has 0 atom stereocenters. The van der Waals surface area contributed by atoms with Crippen LogP contribution in [0.3, 0.4) is 0 Å². The summed E-state index contributed by atoms with van der Waals surface area (Å²) in [5.74, 6) is 0.894. The fourth-order valence-corrected chi connectivity index (χ4v) is 3.65. The molecule has 3 nitrogen and oxygen atoms in total. The number of anilines is 2. The second-order valence-electron chi connectivity index (χ2n) is 6.48. The summed E-state index contributed by atoms with van der Waals surface area (Å²) in [5, 5.41) is 0. The molecule has 20 heavy (non-hydrogen) atoms. The maximum atomic E-state index is 5.94. The van der Waals surface area contributed by atoms with Crippen LogP contribution < -0.4 is 10.6 Å². The van der Waals surface area contributed by atoms with Gasteiger partial charge >= 0.3 is 0 Å². The molecule has 3 rings (SSSR count). The van der Waals surface area contributed by atoms with Crippen molar-refractivity contribution in [2.24, 2.45) is 5.92 Å². The van der Waals surface area contributed by atoms with E-state index in [4.69, 9.17) is 5.73 Å². The van der Waals surface area contributed by atoms with E-state index in [0.29, 0.717) is 0 Å². The van der Waals surface area contributed by atoms with Gasteiger partial charge in [-0.05, 0) is 69.3 Å². The molecule has 0 aromatic heterocycles. The highest BCUT2D eigenvalue weighted by Gasteiger charge is 2.23. The fourth-order valence-electron chi connectivity index (χ4n) is 3.65. The van der Waals surface area contributed by atoms with E-state index < -0.39 is 0 Å². The molecule has 2 heterocycles. The lowest BCUT2D eigenvalue weighted by atomic mass is 9.95. The van der Waals surface area contributed by atoms with Crippen molar-refractivity contribution in [2.45, 2.75) is 32.6 Å². The van der Waals surface area contributed by atoms with E-state index in [1.165, 1.54) is 69.7 Å². The molecule has 1 aromatic carbocycles. The molecule has 2 N–H and O–H groups in total. The van der Waals surface area contributed by atoms with Crippen molar-refractivity contribution in [2.75, 3.05) is 43.4 Å². The largest absolute Gasteiger partial charge is 0.399 e. The van der Waals surface area contributed by atoms with Crippen molar-refractivity contribution in [1.29, 1.82) is 0 Å². The van der Waals surface area contributed by atoms with Crippen LogP contribution in [0.2, 0.25) is 0 Å². The van der Waals surface area contributed by atoms with Crippen molar-refractivity contribution < 1.29 is 0 Å². The number of benzene rings is 1. The molecule has 0 bridgehead atoms. The van der Waals surface area contributed by atoms with Gasteiger partial charge in [0.1, 0.15) is 0 Å². The first kappa shape index (κ1) is 13.7. The van der Waals surface area contributed by atoms with Gasteiger partial charge in [-0.1, -0.05) is 6.07 Å². The Morgan fingerprint density at radius 1 is 1.10 bits per heavy atom. The minimum atomic E-state index is 0.879. The van der Waals surface area contributed by atoms with E-state index in [2.05, 4.69) is 28.9 Å². The SMILES string of the molecule is Cc1ccc(N)cc1N1CCC(CN2CCCC2)CC1. The van der Waals surface area contributed by atoms with Crippen molar-refractivity contribution in [3.63, 3.8) is 0 Å². The zero-order valence-corrected chi connectivity index (χ0v) is 12.6. The van der Waals surface area contributed by atoms with E-state index in [9.17, 15) is 0 Å². The number of nitrogen functional groups attached to an aromatic ring is 1. The van der Waals surface area contributed by atoms with Gasteiger partial charge in [0.25, 0.3) is 0 Å². The van der Waals surface area contributed by atoms with E-state index in [1.807, 2.05) is 6.07 Å². The second kappa shape index (κ2) is 6.04. The standard InChI is InChI=1S/C17H27N3/c1-14-4-5-16(18)12-17(14)20-10-6-15(7-11-20)13-19-8-2-3-9-19/h4-5,12,15H,2-3,6-11,13,18H2,1H3. The van der Waals surface area contributed by atoms with Crippen LogP contribution in [0.5, 0.6) is 0 Å². The summed E-state index contributed by atoms with van der Waals surface area (Å²) in [6.45, 7) is 8.53. The molecular formula is C17H27N3. The predicted octanol–water partition coefficient (Wildman–Crippen LogP) is 2.89. The van der Waals surface area contributed by atoms with E-state index >= 15 is 0 Å². The molecule has 0 saturated carbocycles. The van der Waals surface area contributed by atoms with Crippen molar-refractivity contribution in [3.8, 4) is 0 Å². The highest BCUT2D eigenvalue weighted by molar-refractivity contribution is 5.61. The summed E-state index contributed by atoms with van der Waals surface area (Å²) in [5.41, 5.74) is 9.50. The van der Waals surface area contributed by atoms with E-state index in [-0.39, 0.29) is 0 Å². The quantitative estimate of drug-likeness (QED) is 0.860. The zero-order valence-electron chi connectivity index (χ0n) is 12.6. The molecule has 0 amide bonds. The minimum absolute atomic E-state index is 0.879.